The number of ether oxygens (including phenoxy) is 5. The van der Waals surface area contributed by atoms with Gasteiger partial charge in [-0.15, -0.1) is 0 Å². The van der Waals surface area contributed by atoms with Gasteiger partial charge >= 0.3 is 5.97 Å². The summed E-state index contributed by atoms with van der Waals surface area (Å²) in [5, 5.41) is 0. The Bertz CT molecular complexity index is 351. The fraction of sp³-hybridized carbons (Fsp3) is 0.960. The van der Waals surface area contributed by atoms with Crippen LogP contribution in [0.3, 0.4) is 0 Å². The van der Waals surface area contributed by atoms with Crippen molar-refractivity contribution >= 4 is 5.97 Å². The van der Waals surface area contributed by atoms with Gasteiger partial charge in [-0.1, -0.05) is 78.1 Å². The van der Waals surface area contributed by atoms with Crippen LogP contribution in [0.4, 0.5) is 0 Å². The fourth-order valence-electron chi connectivity index (χ4n) is 3.08. The van der Waals surface area contributed by atoms with Crippen molar-refractivity contribution in [3.63, 3.8) is 0 Å². The minimum Gasteiger partial charge on any atom is -0.463 e. The Kier molecular flexibility index (Phi) is 26.7. The summed E-state index contributed by atoms with van der Waals surface area (Å²) in [4.78, 5) is 11.6. The van der Waals surface area contributed by atoms with E-state index in [4.69, 9.17) is 23.7 Å². The van der Waals surface area contributed by atoms with Crippen molar-refractivity contribution in [2.24, 2.45) is 0 Å². The van der Waals surface area contributed by atoms with Gasteiger partial charge in [0.2, 0.25) is 0 Å². The van der Waals surface area contributed by atoms with Gasteiger partial charge in [0.15, 0.2) is 0 Å². The van der Waals surface area contributed by atoms with Crippen molar-refractivity contribution in [3.05, 3.63) is 0 Å². The van der Waals surface area contributed by atoms with Gasteiger partial charge in [-0.25, -0.2) is 0 Å². The average Bonchev–Trinajstić information content (AvgIpc) is 2.77. The summed E-state index contributed by atoms with van der Waals surface area (Å²) in [6, 6.07) is 0. The molecule has 0 heterocycles. The highest BCUT2D eigenvalue weighted by Gasteiger charge is 2.02. The second kappa shape index (κ2) is 27.3. The molecule has 0 aromatic carbocycles. The van der Waals surface area contributed by atoms with Gasteiger partial charge in [0, 0.05) is 13.0 Å². The minimum absolute atomic E-state index is 0.119. The molecule has 0 aliphatic heterocycles. The molecule has 0 radical (unpaired) electrons. The van der Waals surface area contributed by atoms with Crippen LogP contribution in [0.25, 0.3) is 0 Å². The molecule has 0 fully saturated rings. The van der Waals surface area contributed by atoms with E-state index < -0.39 is 0 Å². The van der Waals surface area contributed by atoms with E-state index in [2.05, 4.69) is 13.8 Å². The van der Waals surface area contributed by atoms with Crippen LogP contribution in [0.5, 0.6) is 0 Å². The Morgan fingerprint density at radius 3 is 1.35 bits per heavy atom. The number of esters is 1. The maximum atomic E-state index is 11.6. The molecule has 0 atom stereocenters. The van der Waals surface area contributed by atoms with Crippen molar-refractivity contribution in [2.45, 2.75) is 97.3 Å². The Morgan fingerprint density at radius 1 is 0.452 bits per heavy atom. The van der Waals surface area contributed by atoms with Crippen molar-refractivity contribution < 1.29 is 28.5 Å². The van der Waals surface area contributed by atoms with E-state index in [-0.39, 0.29) is 5.97 Å². The van der Waals surface area contributed by atoms with Gasteiger partial charge in [0.25, 0.3) is 0 Å². The first kappa shape index (κ1) is 30.3. The lowest BCUT2D eigenvalue weighted by Gasteiger charge is -2.08. The van der Waals surface area contributed by atoms with Crippen LogP contribution in [-0.2, 0) is 28.5 Å². The quantitative estimate of drug-likeness (QED) is 0.125. The predicted octanol–water partition coefficient (Wildman–Crippen LogP) is 5.71. The number of carbonyl (C=O) groups is 1. The summed E-state index contributed by atoms with van der Waals surface area (Å²) in [5.74, 6) is -0.119. The van der Waals surface area contributed by atoms with Crippen molar-refractivity contribution in [3.8, 4) is 0 Å². The zero-order valence-electron chi connectivity index (χ0n) is 20.5. The highest BCUT2D eigenvalue weighted by atomic mass is 16.6. The monoisotopic (exact) mass is 446 g/mol. The predicted molar refractivity (Wildman–Crippen MR) is 126 cm³/mol. The second-order valence-corrected chi connectivity index (χ2v) is 7.96. The molecule has 0 amide bonds. The molecule has 0 bridgehead atoms. The smallest absolute Gasteiger partial charge is 0.305 e. The van der Waals surface area contributed by atoms with E-state index >= 15 is 0 Å². The zero-order valence-corrected chi connectivity index (χ0v) is 20.5. The molecule has 0 aromatic heterocycles. The molecular weight excluding hydrogens is 396 g/mol. The van der Waals surface area contributed by atoms with Gasteiger partial charge < -0.3 is 23.7 Å². The third kappa shape index (κ3) is 27.3. The van der Waals surface area contributed by atoms with Crippen LogP contribution < -0.4 is 0 Å². The summed E-state index contributed by atoms with van der Waals surface area (Å²) in [5.41, 5.74) is 0. The van der Waals surface area contributed by atoms with Gasteiger partial charge in [0.1, 0.15) is 6.61 Å². The number of carbonyl (C=O) groups excluding carboxylic acids is 1. The molecule has 6 heteroatoms. The highest BCUT2D eigenvalue weighted by Crippen LogP contribution is 2.08. The van der Waals surface area contributed by atoms with Gasteiger partial charge in [-0.05, 0) is 12.8 Å². The Balaban J connectivity index is 3.11. The third-order valence-corrected chi connectivity index (χ3v) is 4.98. The molecule has 0 saturated carbocycles. The molecule has 0 rings (SSSR count). The van der Waals surface area contributed by atoms with Crippen molar-refractivity contribution in [1.29, 1.82) is 0 Å². The molecule has 0 unspecified atom stereocenters. The molecule has 0 spiro atoms. The molecule has 0 aliphatic carbocycles. The van der Waals surface area contributed by atoms with Crippen LogP contribution in [-0.4, -0.2) is 65.4 Å². The largest absolute Gasteiger partial charge is 0.463 e. The molecule has 0 N–H and O–H groups in total. The third-order valence-electron chi connectivity index (χ3n) is 4.98. The summed E-state index contributed by atoms with van der Waals surface area (Å²) in [6.45, 7) is 9.39. The average molecular weight is 447 g/mol. The SMILES string of the molecule is CCCCCCCCCC(=O)OCCOCCOCCOCCOCCCCCCC. The number of hydrogen-bond donors (Lipinski definition) is 0. The fourth-order valence-corrected chi connectivity index (χ4v) is 3.08. The van der Waals surface area contributed by atoms with E-state index in [0.717, 1.165) is 25.9 Å². The van der Waals surface area contributed by atoms with Gasteiger partial charge in [0.05, 0.1) is 46.2 Å². The number of unbranched alkanes of at least 4 members (excludes halogenated alkanes) is 10. The molecule has 0 aromatic rings. The van der Waals surface area contributed by atoms with Crippen LogP contribution >= 0.6 is 0 Å². The Morgan fingerprint density at radius 2 is 0.839 bits per heavy atom. The first-order valence-electron chi connectivity index (χ1n) is 12.8. The van der Waals surface area contributed by atoms with Gasteiger partial charge in [-0.3, -0.25) is 4.79 Å². The van der Waals surface area contributed by atoms with Crippen LogP contribution in [0.1, 0.15) is 97.3 Å². The standard InChI is InChI=1S/C25H50O6/c1-3-5-7-9-10-11-13-15-25(26)31-24-23-30-22-21-29-20-19-28-18-17-27-16-14-12-8-6-4-2/h3-24H2,1-2H3. The van der Waals surface area contributed by atoms with Crippen LogP contribution in [0, 0.1) is 0 Å². The first-order chi connectivity index (χ1) is 15.3. The molecule has 6 nitrogen and oxygen atoms in total. The lowest BCUT2D eigenvalue weighted by molar-refractivity contribution is -0.145. The maximum Gasteiger partial charge on any atom is 0.305 e. The van der Waals surface area contributed by atoms with E-state index in [1.54, 1.807) is 0 Å². The summed E-state index contributed by atoms with van der Waals surface area (Å²) < 4.78 is 27.0. The molecule has 0 saturated heterocycles. The summed E-state index contributed by atoms with van der Waals surface area (Å²) >= 11 is 0. The van der Waals surface area contributed by atoms with Gasteiger partial charge in [-0.2, -0.15) is 0 Å². The highest BCUT2D eigenvalue weighted by molar-refractivity contribution is 5.69. The molecule has 186 valence electrons. The topological polar surface area (TPSA) is 63.2 Å². The molecule has 0 aliphatic rings. The van der Waals surface area contributed by atoms with Crippen molar-refractivity contribution in [2.75, 3.05) is 59.5 Å². The number of rotatable bonds is 26. The first-order valence-corrected chi connectivity index (χ1v) is 12.8. The second-order valence-electron chi connectivity index (χ2n) is 7.96. The van der Waals surface area contributed by atoms with Crippen molar-refractivity contribution in [1.82, 2.24) is 0 Å². The van der Waals surface area contributed by atoms with E-state index in [9.17, 15) is 4.79 Å². The Hall–Kier alpha value is -0.690. The zero-order chi connectivity index (χ0) is 22.7. The van der Waals surface area contributed by atoms with E-state index in [1.165, 1.54) is 57.8 Å². The summed E-state index contributed by atoms with van der Waals surface area (Å²) in [6.07, 6.45) is 15.2. The van der Waals surface area contributed by atoms with Crippen LogP contribution in [0.15, 0.2) is 0 Å². The Labute approximate surface area is 191 Å². The lowest BCUT2D eigenvalue weighted by atomic mass is 10.1. The van der Waals surface area contributed by atoms with E-state index in [0.29, 0.717) is 59.3 Å². The van der Waals surface area contributed by atoms with Crippen LogP contribution in [0.2, 0.25) is 0 Å². The normalized spacial score (nSPS) is 11.2. The maximum absolute atomic E-state index is 11.6. The van der Waals surface area contributed by atoms with E-state index in [1.807, 2.05) is 0 Å². The molecule has 31 heavy (non-hydrogen) atoms. The minimum atomic E-state index is -0.119. The molecular formula is C25H50O6. The summed E-state index contributed by atoms with van der Waals surface area (Å²) in [7, 11) is 0. The number of hydrogen-bond acceptors (Lipinski definition) is 6. The lowest BCUT2D eigenvalue weighted by Crippen LogP contribution is -2.14.